The van der Waals surface area contributed by atoms with Crippen LogP contribution in [0.3, 0.4) is 0 Å². The fraction of sp³-hybridized carbons (Fsp3) is 0.700. The van der Waals surface area contributed by atoms with Crippen molar-refractivity contribution in [2.75, 3.05) is 6.54 Å². The van der Waals surface area contributed by atoms with Crippen molar-refractivity contribution < 1.29 is 33.9 Å². The molecular formula is C20H31N5O7. The third-order valence-corrected chi connectivity index (χ3v) is 5.67. The number of hydrogen-bond acceptors (Lipinski definition) is 6. The average Bonchev–Trinajstić information content (AvgIpc) is 3.36. The summed E-state index contributed by atoms with van der Waals surface area (Å²) in [6.07, 6.45) is 1.26. The Kier molecular flexibility index (Phi) is 8.56. The van der Waals surface area contributed by atoms with E-state index in [0.717, 1.165) is 0 Å². The number of aliphatic carboxylic acids is 1. The Bertz CT molecular complexity index is 784. The highest BCUT2D eigenvalue weighted by molar-refractivity contribution is 5.96. The van der Waals surface area contributed by atoms with Gasteiger partial charge in [-0.15, -0.1) is 0 Å². The molecule has 0 radical (unpaired) electrons. The van der Waals surface area contributed by atoms with Crippen LogP contribution in [0, 0.1) is 5.92 Å². The second-order valence-corrected chi connectivity index (χ2v) is 8.48. The van der Waals surface area contributed by atoms with E-state index in [2.05, 4.69) is 16.0 Å². The molecule has 0 spiro atoms. The van der Waals surface area contributed by atoms with Gasteiger partial charge in [-0.3, -0.25) is 24.0 Å². The minimum Gasteiger partial charge on any atom is -0.480 e. The molecular weight excluding hydrogens is 422 g/mol. The number of nitrogens with two attached hydrogens (primary N) is 1. The molecule has 12 nitrogen and oxygen atoms in total. The molecule has 2 heterocycles. The molecule has 2 rings (SSSR count). The summed E-state index contributed by atoms with van der Waals surface area (Å²) in [4.78, 5) is 73.9. The zero-order chi connectivity index (χ0) is 24.0. The summed E-state index contributed by atoms with van der Waals surface area (Å²) in [6.45, 7) is 3.59. The lowest BCUT2D eigenvalue weighted by Gasteiger charge is -2.28. The SMILES string of the molecule is CC(C)[C@H](NC(=O)[C@H](CCC(N)=O)NC(=O)[C@@H]1CCCN1C(=O)[C@@H]1CCC(=O)N1)C(=O)O. The highest BCUT2D eigenvalue weighted by Gasteiger charge is 2.40. The summed E-state index contributed by atoms with van der Waals surface area (Å²) >= 11 is 0. The number of carboxylic acid groups (broad SMARTS) is 1. The second kappa shape index (κ2) is 10.9. The van der Waals surface area contributed by atoms with Crippen molar-refractivity contribution >= 4 is 35.5 Å². The maximum absolute atomic E-state index is 12.9. The van der Waals surface area contributed by atoms with Crippen LogP contribution in [0.5, 0.6) is 0 Å². The van der Waals surface area contributed by atoms with Crippen LogP contribution in [0.4, 0.5) is 0 Å². The van der Waals surface area contributed by atoms with Crippen molar-refractivity contribution in [3.05, 3.63) is 0 Å². The number of carbonyl (C=O) groups is 6. The highest BCUT2D eigenvalue weighted by atomic mass is 16.4. The van der Waals surface area contributed by atoms with Gasteiger partial charge in [0, 0.05) is 19.4 Å². The molecule has 12 heteroatoms. The van der Waals surface area contributed by atoms with E-state index < -0.39 is 53.8 Å². The number of carboxylic acids is 1. The summed E-state index contributed by atoms with van der Waals surface area (Å²) in [5.74, 6) is -4.21. The Hall–Kier alpha value is -3.18. The Morgan fingerprint density at radius 3 is 2.41 bits per heavy atom. The van der Waals surface area contributed by atoms with Gasteiger partial charge in [-0.05, 0) is 31.6 Å². The van der Waals surface area contributed by atoms with Gasteiger partial charge in [-0.25, -0.2) is 4.79 Å². The van der Waals surface area contributed by atoms with Gasteiger partial charge in [0.05, 0.1) is 0 Å². The summed E-state index contributed by atoms with van der Waals surface area (Å²) in [7, 11) is 0. The first-order valence-corrected chi connectivity index (χ1v) is 10.7. The quantitative estimate of drug-likeness (QED) is 0.259. The minimum absolute atomic E-state index is 0.114. The number of hydrogen-bond donors (Lipinski definition) is 5. The molecule has 0 unspecified atom stereocenters. The van der Waals surface area contributed by atoms with E-state index in [-0.39, 0.29) is 31.1 Å². The molecule has 0 saturated carbocycles. The first kappa shape index (κ1) is 25.1. The van der Waals surface area contributed by atoms with E-state index in [9.17, 15) is 33.9 Å². The lowest BCUT2D eigenvalue weighted by atomic mass is 10.0. The molecule has 178 valence electrons. The molecule has 6 N–H and O–H groups in total. The van der Waals surface area contributed by atoms with Crippen molar-refractivity contribution in [3.8, 4) is 0 Å². The van der Waals surface area contributed by atoms with Crippen LogP contribution in [-0.4, -0.2) is 76.2 Å². The monoisotopic (exact) mass is 453 g/mol. The van der Waals surface area contributed by atoms with Gasteiger partial charge in [0.15, 0.2) is 0 Å². The fourth-order valence-electron chi connectivity index (χ4n) is 3.89. The van der Waals surface area contributed by atoms with Crippen molar-refractivity contribution in [3.63, 3.8) is 0 Å². The maximum atomic E-state index is 12.9. The first-order valence-electron chi connectivity index (χ1n) is 10.7. The zero-order valence-corrected chi connectivity index (χ0v) is 18.3. The second-order valence-electron chi connectivity index (χ2n) is 8.48. The molecule has 5 amide bonds. The van der Waals surface area contributed by atoms with E-state index in [1.165, 1.54) is 4.90 Å². The summed E-state index contributed by atoms with van der Waals surface area (Å²) in [5, 5.41) is 16.8. The van der Waals surface area contributed by atoms with Gasteiger partial charge in [-0.1, -0.05) is 13.8 Å². The molecule has 0 aromatic rings. The van der Waals surface area contributed by atoms with E-state index >= 15 is 0 Å². The van der Waals surface area contributed by atoms with Crippen molar-refractivity contribution in [2.24, 2.45) is 11.7 Å². The molecule has 2 saturated heterocycles. The topological polar surface area (TPSA) is 188 Å². The minimum atomic E-state index is -1.22. The smallest absolute Gasteiger partial charge is 0.326 e. The number of nitrogens with zero attached hydrogens (tertiary/aromatic N) is 1. The van der Waals surface area contributed by atoms with Crippen LogP contribution < -0.4 is 21.7 Å². The van der Waals surface area contributed by atoms with Gasteiger partial charge in [-0.2, -0.15) is 0 Å². The van der Waals surface area contributed by atoms with Gasteiger partial charge in [0.1, 0.15) is 24.2 Å². The number of carbonyl (C=O) groups excluding carboxylic acids is 5. The van der Waals surface area contributed by atoms with Gasteiger partial charge < -0.3 is 31.7 Å². The Balaban J connectivity index is 2.09. The van der Waals surface area contributed by atoms with Crippen LogP contribution in [0.15, 0.2) is 0 Å². The molecule has 0 aromatic heterocycles. The number of nitrogens with one attached hydrogen (secondary N) is 3. The number of likely N-dealkylation sites (tertiary alicyclic amines) is 1. The number of primary amides is 1. The highest BCUT2D eigenvalue weighted by Crippen LogP contribution is 2.21. The average molecular weight is 453 g/mol. The van der Waals surface area contributed by atoms with E-state index in [4.69, 9.17) is 5.73 Å². The van der Waals surface area contributed by atoms with E-state index in [1.54, 1.807) is 13.8 Å². The van der Waals surface area contributed by atoms with Crippen LogP contribution in [0.25, 0.3) is 0 Å². The number of amides is 5. The van der Waals surface area contributed by atoms with Crippen molar-refractivity contribution in [2.45, 2.75) is 76.5 Å². The zero-order valence-electron chi connectivity index (χ0n) is 18.3. The molecule has 0 aliphatic carbocycles. The molecule has 0 aromatic carbocycles. The van der Waals surface area contributed by atoms with E-state index in [1.807, 2.05) is 0 Å². The van der Waals surface area contributed by atoms with Crippen LogP contribution >= 0.6 is 0 Å². The molecule has 2 aliphatic heterocycles. The lowest BCUT2D eigenvalue weighted by Crippen LogP contribution is -2.57. The van der Waals surface area contributed by atoms with Crippen LogP contribution in [0.2, 0.25) is 0 Å². The Labute approximate surface area is 185 Å². The molecule has 0 bridgehead atoms. The molecule has 32 heavy (non-hydrogen) atoms. The van der Waals surface area contributed by atoms with Crippen molar-refractivity contribution in [1.29, 1.82) is 0 Å². The lowest BCUT2D eigenvalue weighted by molar-refractivity contribution is -0.144. The third kappa shape index (κ3) is 6.41. The fourth-order valence-corrected chi connectivity index (χ4v) is 3.89. The first-order chi connectivity index (χ1) is 15.0. The van der Waals surface area contributed by atoms with Crippen LogP contribution in [0.1, 0.15) is 52.4 Å². The molecule has 2 fully saturated rings. The Morgan fingerprint density at radius 2 is 1.88 bits per heavy atom. The van der Waals surface area contributed by atoms with Gasteiger partial charge >= 0.3 is 5.97 Å². The van der Waals surface area contributed by atoms with Gasteiger partial charge in [0.2, 0.25) is 29.5 Å². The summed E-state index contributed by atoms with van der Waals surface area (Å²) in [5.41, 5.74) is 5.17. The number of rotatable bonds is 10. The largest absolute Gasteiger partial charge is 0.480 e. The van der Waals surface area contributed by atoms with Crippen molar-refractivity contribution in [1.82, 2.24) is 20.9 Å². The molecule has 2 aliphatic rings. The Morgan fingerprint density at radius 1 is 1.19 bits per heavy atom. The molecule has 4 atom stereocenters. The predicted molar refractivity (Wildman–Crippen MR) is 111 cm³/mol. The standard InChI is InChI=1S/C20H31N5O7/c1-10(2)16(20(31)32)24-17(28)11(5-7-14(21)26)23-18(29)13-4-3-9-25(13)19(30)12-6-8-15(27)22-12/h10-13,16H,3-9H2,1-2H3,(H2,21,26)(H,22,27)(H,23,29)(H,24,28)(H,31,32)/t11-,12-,13-,16-/m0/s1. The van der Waals surface area contributed by atoms with Gasteiger partial charge in [0.25, 0.3) is 0 Å². The predicted octanol–water partition coefficient (Wildman–Crippen LogP) is -1.77. The normalized spacial score (nSPS) is 22.2. The summed E-state index contributed by atoms with van der Waals surface area (Å²) < 4.78 is 0. The summed E-state index contributed by atoms with van der Waals surface area (Å²) in [6, 6.07) is -3.87. The third-order valence-electron chi connectivity index (χ3n) is 5.67. The van der Waals surface area contributed by atoms with E-state index in [0.29, 0.717) is 25.8 Å². The van der Waals surface area contributed by atoms with Crippen LogP contribution in [-0.2, 0) is 28.8 Å². The maximum Gasteiger partial charge on any atom is 0.326 e.